The summed E-state index contributed by atoms with van der Waals surface area (Å²) in [7, 11) is 0. The average molecular weight is 397 g/mol. The molecule has 2 atom stereocenters. The Morgan fingerprint density at radius 3 is 2.31 bits per heavy atom. The van der Waals surface area contributed by atoms with E-state index in [2.05, 4.69) is 15.6 Å². The van der Waals surface area contributed by atoms with Gasteiger partial charge in [-0.15, -0.1) is 0 Å². The molecule has 2 amide bonds. The van der Waals surface area contributed by atoms with Crippen molar-refractivity contribution in [3.05, 3.63) is 48.5 Å². The predicted octanol–water partition coefficient (Wildman–Crippen LogP) is 3.77. The van der Waals surface area contributed by atoms with E-state index < -0.39 is 6.04 Å². The van der Waals surface area contributed by atoms with Gasteiger partial charge in [0.2, 0.25) is 11.8 Å². The van der Waals surface area contributed by atoms with E-state index in [9.17, 15) is 9.59 Å². The Balaban J connectivity index is 1.60. The van der Waals surface area contributed by atoms with E-state index in [1.807, 2.05) is 55.8 Å². The highest BCUT2D eigenvalue weighted by Crippen LogP contribution is 2.24. The standard InChI is InChI=1S/C23H32N4O2/c1-16(2)21(26-22(28)19-7-5-4-6-8-19)23(29)25-17(3)18-9-11-20(12-10-18)27-14-13-24-15-27/h9-17,19,21H,4-8H2,1-3H3,(H,25,29)(H,26,28)/t17-,21+/m0/s1. The minimum Gasteiger partial charge on any atom is -0.348 e. The van der Waals surface area contributed by atoms with Crippen LogP contribution in [0.4, 0.5) is 0 Å². The maximum Gasteiger partial charge on any atom is 0.243 e. The molecular weight excluding hydrogens is 364 g/mol. The van der Waals surface area contributed by atoms with Crippen molar-refractivity contribution in [2.75, 3.05) is 0 Å². The second-order valence-electron chi connectivity index (χ2n) is 8.36. The fourth-order valence-electron chi connectivity index (χ4n) is 3.90. The molecule has 3 rings (SSSR count). The second-order valence-corrected chi connectivity index (χ2v) is 8.36. The monoisotopic (exact) mass is 396 g/mol. The third-order valence-corrected chi connectivity index (χ3v) is 5.78. The highest BCUT2D eigenvalue weighted by Gasteiger charge is 2.29. The van der Waals surface area contributed by atoms with E-state index in [-0.39, 0.29) is 29.7 Å². The van der Waals surface area contributed by atoms with E-state index in [4.69, 9.17) is 0 Å². The lowest BCUT2D eigenvalue weighted by molar-refractivity contribution is -0.133. The molecule has 0 spiro atoms. The molecule has 156 valence electrons. The van der Waals surface area contributed by atoms with E-state index in [1.54, 1.807) is 12.5 Å². The van der Waals surface area contributed by atoms with Gasteiger partial charge >= 0.3 is 0 Å². The van der Waals surface area contributed by atoms with E-state index >= 15 is 0 Å². The van der Waals surface area contributed by atoms with Gasteiger partial charge in [0.25, 0.3) is 0 Å². The molecule has 2 N–H and O–H groups in total. The van der Waals surface area contributed by atoms with Crippen LogP contribution < -0.4 is 10.6 Å². The van der Waals surface area contributed by atoms with Crippen molar-refractivity contribution >= 4 is 11.8 Å². The van der Waals surface area contributed by atoms with Gasteiger partial charge in [-0.3, -0.25) is 9.59 Å². The summed E-state index contributed by atoms with van der Waals surface area (Å²) in [6.45, 7) is 5.90. The summed E-state index contributed by atoms with van der Waals surface area (Å²) >= 11 is 0. The van der Waals surface area contributed by atoms with Crippen molar-refractivity contribution in [2.24, 2.45) is 11.8 Å². The third-order valence-electron chi connectivity index (χ3n) is 5.78. The molecule has 1 aromatic heterocycles. The number of carbonyl (C=O) groups is 2. The maximum atomic E-state index is 12.9. The van der Waals surface area contributed by atoms with Gasteiger partial charge in [0, 0.05) is 24.0 Å². The maximum absolute atomic E-state index is 12.9. The van der Waals surface area contributed by atoms with Crippen LogP contribution in [-0.2, 0) is 9.59 Å². The molecule has 1 heterocycles. The van der Waals surface area contributed by atoms with Gasteiger partial charge in [-0.1, -0.05) is 45.2 Å². The average Bonchev–Trinajstić information content (AvgIpc) is 3.27. The number of hydrogen-bond acceptors (Lipinski definition) is 3. The SMILES string of the molecule is CC(C)[C@@H](NC(=O)C1CCCCC1)C(=O)N[C@@H](C)c1ccc(-n2ccnc2)cc1. The molecular formula is C23H32N4O2. The van der Waals surface area contributed by atoms with Crippen LogP contribution in [0.3, 0.4) is 0 Å². The van der Waals surface area contributed by atoms with Gasteiger partial charge in [-0.05, 0) is 43.4 Å². The summed E-state index contributed by atoms with van der Waals surface area (Å²) in [6, 6.07) is 7.36. The molecule has 6 heteroatoms. The summed E-state index contributed by atoms with van der Waals surface area (Å²) < 4.78 is 1.93. The quantitative estimate of drug-likeness (QED) is 0.748. The Labute approximate surface area is 173 Å². The van der Waals surface area contributed by atoms with Crippen molar-refractivity contribution in [1.82, 2.24) is 20.2 Å². The summed E-state index contributed by atoms with van der Waals surface area (Å²) in [5.41, 5.74) is 2.04. The number of nitrogens with one attached hydrogen (secondary N) is 2. The molecule has 6 nitrogen and oxygen atoms in total. The lowest BCUT2D eigenvalue weighted by atomic mass is 9.88. The first kappa shape index (κ1) is 21.1. The number of aromatic nitrogens is 2. The van der Waals surface area contributed by atoms with Crippen molar-refractivity contribution in [3.63, 3.8) is 0 Å². The molecule has 0 radical (unpaired) electrons. The zero-order chi connectivity index (χ0) is 20.8. The molecule has 1 aliphatic carbocycles. The number of rotatable bonds is 7. The summed E-state index contributed by atoms with van der Waals surface area (Å²) in [4.78, 5) is 29.6. The Kier molecular flexibility index (Phi) is 7.07. The smallest absolute Gasteiger partial charge is 0.243 e. The largest absolute Gasteiger partial charge is 0.348 e. The van der Waals surface area contributed by atoms with Crippen molar-refractivity contribution in [2.45, 2.75) is 65.0 Å². The number of carbonyl (C=O) groups excluding carboxylic acids is 2. The van der Waals surface area contributed by atoms with E-state index in [1.165, 1.54) is 6.42 Å². The fourth-order valence-corrected chi connectivity index (χ4v) is 3.90. The van der Waals surface area contributed by atoms with Crippen molar-refractivity contribution in [1.29, 1.82) is 0 Å². The van der Waals surface area contributed by atoms with Crippen LogP contribution in [0.15, 0.2) is 43.0 Å². The Bertz CT molecular complexity index is 793. The van der Waals surface area contributed by atoms with Crippen LogP contribution in [0.1, 0.15) is 64.5 Å². The molecule has 1 aliphatic rings. The van der Waals surface area contributed by atoms with Gasteiger partial charge < -0.3 is 15.2 Å². The van der Waals surface area contributed by atoms with Gasteiger partial charge in [-0.25, -0.2) is 4.98 Å². The zero-order valence-corrected chi connectivity index (χ0v) is 17.6. The van der Waals surface area contributed by atoms with Gasteiger partial charge in [0.1, 0.15) is 6.04 Å². The van der Waals surface area contributed by atoms with E-state index in [0.29, 0.717) is 0 Å². The summed E-state index contributed by atoms with van der Waals surface area (Å²) in [5, 5.41) is 6.08. The lowest BCUT2D eigenvalue weighted by Gasteiger charge is -2.27. The molecule has 29 heavy (non-hydrogen) atoms. The molecule has 2 aromatic rings. The molecule has 1 saturated carbocycles. The molecule has 0 unspecified atom stereocenters. The number of hydrogen-bond donors (Lipinski definition) is 2. The van der Waals surface area contributed by atoms with Crippen molar-refractivity contribution in [3.8, 4) is 5.69 Å². The molecule has 0 bridgehead atoms. The van der Waals surface area contributed by atoms with Gasteiger partial charge in [0.05, 0.1) is 12.4 Å². The van der Waals surface area contributed by atoms with Gasteiger partial charge in [-0.2, -0.15) is 0 Å². The highest BCUT2D eigenvalue weighted by molar-refractivity contribution is 5.89. The van der Waals surface area contributed by atoms with Crippen LogP contribution in [0.2, 0.25) is 0 Å². The summed E-state index contributed by atoms with van der Waals surface area (Å²) in [5.74, 6) is -0.0319. The third kappa shape index (κ3) is 5.46. The minimum atomic E-state index is -0.517. The normalized spacial score (nSPS) is 17.0. The van der Waals surface area contributed by atoms with Crippen LogP contribution >= 0.6 is 0 Å². The van der Waals surface area contributed by atoms with E-state index in [0.717, 1.165) is 36.9 Å². The van der Waals surface area contributed by atoms with Gasteiger partial charge in [0.15, 0.2) is 0 Å². The first-order valence-electron chi connectivity index (χ1n) is 10.6. The number of amides is 2. The molecule has 0 saturated heterocycles. The topological polar surface area (TPSA) is 76.0 Å². The summed E-state index contributed by atoms with van der Waals surface area (Å²) in [6.07, 6.45) is 10.6. The van der Waals surface area contributed by atoms with Crippen LogP contribution in [0.25, 0.3) is 5.69 Å². The van der Waals surface area contributed by atoms with Crippen LogP contribution in [0, 0.1) is 11.8 Å². The Morgan fingerprint density at radius 1 is 1.03 bits per heavy atom. The Morgan fingerprint density at radius 2 is 1.72 bits per heavy atom. The fraction of sp³-hybridized carbons (Fsp3) is 0.522. The first-order chi connectivity index (χ1) is 14.0. The second kappa shape index (κ2) is 9.72. The van der Waals surface area contributed by atoms with Crippen molar-refractivity contribution < 1.29 is 9.59 Å². The lowest BCUT2D eigenvalue weighted by Crippen LogP contribution is -2.51. The zero-order valence-electron chi connectivity index (χ0n) is 17.6. The number of imidazole rings is 1. The molecule has 1 fully saturated rings. The highest BCUT2D eigenvalue weighted by atomic mass is 16.2. The predicted molar refractivity (Wildman–Crippen MR) is 113 cm³/mol. The van der Waals surface area contributed by atoms with Crippen LogP contribution in [0.5, 0.6) is 0 Å². The molecule has 0 aliphatic heterocycles. The molecule has 1 aromatic carbocycles. The first-order valence-corrected chi connectivity index (χ1v) is 10.6. The minimum absolute atomic E-state index is 0.0240. The number of nitrogens with zero attached hydrogens (tertiary/aromatic N) is 2. The van der Waals surface area contributed by atoms with Crippen LogP contribution in [-0.4, -0.2) is 27.4 Å². The Hall–Kier alpha value is -2.63. The number of benzene rings is 1.